The summed E-state index contributed by atoms with van der Waals surface area (Å²) in [5, 5.41) is 3.97. The average molecular weight is 333 g/mol. The van der Waals surface area contributed by atoms with Gasteiger partial charge < -0.3 is 14.2 Å². The molecule has 1 atom stereocenters. The van der Waals surface area contributed by atoms with Gasteiger partial charge in [0.15, 0.2) is 5.82 Å². The van der Waals surface area contributed by atoms with Crippen molar-refractivity contribution in [2.45, 2.75) is 57.8 Å². The van der Waals surface area contributed by atoms with E-state index < -0.39 is 0 Å². The normalized spacial score (nSPS) is 27.2. The third-order valence-corrected chi connectivity index (χ3v) is 6.27. The molecule has 2 aliphatic heterocycles. The molecule has 0 bridgehead atoms. The molecule has 1 spiro atoms. The maximum atomic E-state index is 12.8. The highest BCUT2D eigenvalue weighted by Gasteiger charge is 2.51. The first kappa shape index (κ1) is 16.1. The van der Waals surface area contributed by atoms with Crippen LogP contribution in [0.3, 0.4) is 0 Å². The van der Waals surface area contributed by atoms with Gasteiger partial charge in [0.25, 0.3) is 0 Å². The minimum atomic E-state index is 0.0442. The van der Waals surface area contributed by atoms with Gasteiger partial charge in [0.1, 0.15) is 0 Å². The number of likely N-dealkylation sites (tertiary alicyclic amines) is 1. The third kappa shape index (κ3) is 2.96. The van der Waals surface area contributed by atoms with Crippen LogP contribution in [0.5, 0.6) is 0 Å². The number of carbonyl (C=O) groups excluding carboxylic acids is 1. The quantitative estimate of drug-likeness (QED) is 0.850. The fraction of sp³-hybridized carbons (Fsp3) is 0.833. The molecule has 3 aliphatic rings. The van der Waals surface area contributed by atoms with Crippen LogP contribution in [0.2, 0.25) is 0 Å². The van der Waals surface area contributed by atoms with Crippen LogP contribution in [0.4, 0.5) is 0 Å². The molecular formula is C18H27N3O3. The van der Waals surface area contributed by atoms with Gasteiger partial charge >= 0.3 is 0 Å². The van der Waals surface area contributed by atoms with Crippen molar-refractivity contribution in [1.29, 1.82) is 0 Å². The number of nitrogens with zero attached hydrogens (tertiary/aromatic N) is 3. The molecule has 2 saturated heterocycles. The lowest BCUT2D eigenvalue weighted by molar-refractivity contribution is -0.131. The summed E-state index contributed by atoms with van der Waals surface area (Å²) in [6.45, 7) is 4.89. The van der Waals surface area contributed by atoms with Gasteiger partial charge in [-0.3, -0.25) is 4.79 Å². The lowest BCUT2D eigenvalue weighted by atomic mass is 9.72. The predicted molar refractivity (Wildman–Crippen MR) is 87.4 cm³/mol. The molecule has 4 rings (SSSR count). The fourth-order valence-corrected chi connectivity index (χ4v) is 4.83. The molecule has 132 valence electrons. The van der Waals surface area contributed by atoms with Crippen molar-refractivity contribution in [2.24, 2.45) is 11.3 Å². The molecule has 1 aromatic heterocycles. The van der Waals surface area contributed by atoms with E-state index in [1.54, 1.807) is 0 Å². The van der Waals surface area contributed by atoms with E-state index in [2.05, 4.69) is 15.0 Å². The molecule has 0 aromatic carbocycles. The van der Waals surface area contributed by atoms with E-state index in [1.165, 1.54) is 25.7 Å². The number of amides is 1. The van der Waals surface area contributed by atoms with Crippen LogP contribution in [0.1, 0.15) is 62.6 Å². The molecule has 1 saturated carbocycles. The Morgan fingerprint density at radius 3 is 2.71 bits per heavy atom. The molecule has 1 aromatic rings. The van der Waals surface area contributed by atoms with Crippen molar-refractivity contribution in [1.82, 2.24) is 15.0 Å². The number of hydrogen-bond acceptors (Lipinski definition) is 5. The monoisotopic (exact) mass is 333 g/mol. The van der Waals surface area contributed by atoms with E-state index >= 15 is 0 Å². The maximum absolute atomic E-state index is 12.8. The zero-order valence-corrected chi connectivity index (χ0v) is 14.5. The Morgan fingerprint density at radius 2 is 2.04 bits per heavy atom. The first-order valence-electron chi connectivity index (χ1n) is 9.32. The summed E-state index contributed by atoms with van der Waals surface area (Å²) in [5.41, 5.74) is 0.0442. The van der Waals surface area contributed by atoms with Crippen molar-refractivity contribution in [3.05, 3.63) is 11.7 Å². The molecule has 1 amide bonds. The zero-order valence-electron chi connectivity index (χ0n) is 14.5. The molecule has 0 radical (unpaired) electrons. The summed E-state index contributed by atoms with van der Waals surface area (Å²) in [4.78, 5) is 19.4. The highest BCUT2D eigenvalue weighted by Crippen LogP contribution is 2.49. The molecule has 24 heavy (non-hydrogen) atoms. The minimum Gasteiger partial charge on any atom is -0.381 e. The van der Waals surface area contributed by atoms with Gasteiger partial charge in [-0.1, -0.05) is 18.0 Å². The lowest BCUT2D eigenvalue weighted by Crippen LogP contribution is -2.37. The SMILES string of the molecule is Cc1noc(C2CN(C(=O)CC3CCCC3)CC23CCOCC3)n1. The number of ether oxygens (including phenoxy) is 1. The topological polar surface area (TPSA) is 68.5 Å². The van der Waals surface area contributed by atoms with Gasteiger partial charge in [0.05, 0.1) is 5.92 Å². The van der Waals surface area contributed by atoms with E-state index in [0.29, 0.717) is 36.5 Å². The van der Waals surface area contributed by atoms with Crippen LogP contribution in [-0.2, 0) is 9.53 Å². The van der Waals surface area contributed by atoms with Crippen LogP contribution in [-0.4, -0.2) is 47.3 Å². The molecule has 1 unspecified atom stereocenters. The van der Waals surface area contributed by atoms with E-state index in [4.69, 9.17) is 9.26 Å². The third-order valence-electron chi connectivity index (χ3n) is 6.27. The zero-order chi connectivity index (χ0) is 16.6. The highest BCUT2D eigenvalue weighted by atomic mass is 16.5. The first-order chi connectivity index (χ1) is 11.7. The van der Waals surface area contributed by atoms with Crippen molar-refractivity contribution in [3.63, 3.8) is 0 Å². The molecule has 6 heteroatoms. The summed E-state index contributed by atoms with van der Waals surface area (Å²) < 4.78 is 11.1. The average Bonchev–Trinajstić information content (AvgIpc) is 3.29. The van der Waals surface area contributed by atoms with Crippen LogP contribution in [0.15, 0.2) is 4.52 Å². The minimum absolute atomic E-state index is 0.0442. The van der Waals surface area contributed by atoms with Crippen LogP contribution < -0.4 is 0 Å². The Kier molecular flexibility index (Phi) is 4.33. The summed E-state index contributed by atoms with van der Waals surface area (Å²) in [7, 11) is 0. The standard InChI is InChI=1S/C18H27N3O3/c1-13-19-17(24-20-13)15-11-21(12-18(15)6-8-23-9-7-18)16(22)10-14-4-2-3-5-14/h14-15H,2-12H2,1H3. The van der Waals surface area contributed by atoms with Gasteiger partial charge in [-0.05, 0) is 38.5 Å². The van der Waals surface area contributed by atoms with E-state index in [0.717, 1.165) is 32.6 Å². The fourth-order valence-electron chi connectivity index (χ4n) is 4.83. The second kappa shape index (κ2) is 6.47. The Hall–Kier alpha value is -1.43. The van der Waals surface area contributed by atoms with E-state index in [1.807, 2.05) is 6.92 Å². The highest BCUT2D eigenvalue weighted by molar-refractivity contribution is 5.77. The van der Waals surface area contributed by atoms with Crippen molar-refractivity contribution in [2.75, 3.05) is 26.3 Å². The van der Waals surface area contributed by atoms with E-state index in [-0.39, 0.29) is 11.3 Å². The van der Waals surface area contributed by atoms with Gasteiger partial charge in [0, 0.05) is 38.1 Å². The number of rotatable bonds is 3. The molecule has 0 N–H and O–H groups in total. The second-order valence-corrected chi connectivity index (χ2v) is 7.84. The number of aryl methyl sites for hydroxylation is 1. The second-order valence-electron chi connectivity index (χ2n) is 7.84. The Balaban J connectivity index is 1.52. The van der Waals surface area contributed by atoms with Crippen LogP contribution in [0, 0.1) is 18.3 Å². The number of carbonyl (C=O) groups is 1. The van der Waals surface area contributed by atoms with E-state index in [9.17, 15) is 4.79 Å². The van der Waals surface area contributed by atoms with Gasteiger partial charge in [-0.25, -0.2) is 0 Å². The Labute approximate surface area is 142 Å². The van der Waals surface area contributed by atoms with Gasteiger partial charge in [-0.2, -0.15) is 4.98 Å². The summed E-state index contributed by atoms with van der Waals surface area (Å²) in [6.07, 6.45) is 7.63. The molecule has 6 nitrogen and oxygen atoms in total. The Morgan fingerprint density at radius 1 is 1.29 bits per heavy atom. The largest absolute Gasteiger partial charge is 0.381 e. The molecule has 3 heterocycles. The smallest absolute Gasteiger partial charge is 0.232 e. The van der Waals surface area contributed by atoms with Crippen molar-refractivity contribution in [3.8, 4) is 0 Å². The maximum Gasteiger partial charge on any atom is 0.232 e. The number of hydrogen-bond donors (Lipinski definition) is 0. The molecule has 1 aliphatic carbocycles. The molecule has 3 fully saturated rings. The first-order valence-corrected chi connectivity index (χ1v) is 9.32. The summed E-state index contributed by atoms with van der Waals surface area (Å²) >= 11 is 0. The summed E-state index contributed by atoms with van der Waals surface area (Å²) in [6, 6.07) is 0. The van der Waals surface area contributed by atoms with Gasteiger partial charge in [0.2, 0.25) is 11.8 Å². The van der Waals surface area contributed by atoms with Crippen molar-refractivity contribution < 1.29 is 14.1 Å². The molecular weight excluding hydrogens is 306 g/mol. The Bertz CT molecular complexity index is 588. The van der Waals surface area contributed by atoms with Crippen LogP contribution in [0.25, 0.3) is 0 Å². The van der Waals surface area contributed by atoms with Crippen LogP contribution >= 0.6 is 0 Å². The summed E-state index contributed by atoms with van der Waals surface area (Å²) in [5.74, 6) is 2.42. The predicted octanol–water partition coefficient (Wildman–Crippen LogP) is 2.68. The van der Waals surface area contributed by atoms with Crippen molar-refractivity contribution >= 4 is 5.91 Å². The van der Waals surface area contributed by atoms with Gasteiger partial charge in [-0.15, -0.1) is 0 Å². The lowest BCUT2D eigenvalue weighted by Gasteiger charge is -2.36. The number of aromatic nitrogens is 2.